The summed E-state index contributed by atoms with van der Waals surface area (Å²) in [6.07, 6.45) is 0. The van der Waals surface area contributed by atoms with Crippen LogP contribution in [0.15, 0.2) is 36.4 Å². The first-order chi connectivity index (χ1) is 8.65. The zero-order valence-electron chi connectivity index (χ0n) is 10.3. The Hall–Kier alpha value is -2.16. The molecule has 1 N–H and O–H groups in total. The number of H-pyrrole nitrogens is 1. The number of aryl methyl sites for hydroxylation is 2. The van der Waals surface area contributed by atoms with Crippen LogP contribution in [0.5, 0.6) is 0 Å². The van der Waals surface area contributed by atoms with E-state index in [1.807, 2.05) is 31.2 Å². The summed E-state index contributed by atoms with van der Waals surface area (Å²) in [5, 5.41) is 0. The predicted molar refractivity (Wildman–Crippen MR) is 71.0 cm³/mol. The Morgan fingerprint density at radius 1 is 1.11 bits per heavy atom. The second kappa shape index (κ2) is 3.95. The largest absolute Gasteiger partial charge is 0.338 e. The third-order valence-corrected chi connectivity index (χ3v) is 3.08. The van der Waals surface area contributed by atoms with Gasteiger partial charge in [-0.25, -0.2) is 9.37 Å². The molecule has 0 amide bonds. The van der Waals surface area contributed by atoms with E-state index < -0.39 is 0 Å². The van der Waals surface area contributed by atoms with Gasteiger partial charge in [-0.15, -0.1) is 0 Å². The van der Waals surface area contributed by atoms with E-state index in [-0.39, 0.29) is 5.82 Å². The number of nitrogens with zero attached hydrogens (tertiary/aromatic N) is 1. The van der Waals surface area contributed by atoms with Crippen molar-refractivity contribution in [2.45, 2.75) is 13.8 Å². The molecule has 0 atom stereocenters. The molecule has 0 unspecified atom stereocenters. The van der Waals surface area contributed by atoms with Gasteiger partial charge < -0.3 is 4.98 Å². The summed E-state index contributed by atoms with van der Waals surface area (Å²) in [5.41, 5.74) is 4.10. The molecule has 0 fully saturated rings. The average molecular weight is 240 g/mol. The quantitative estimate of drug-likeness (QED) is 0.684. The number of hydrogen-bond acceptors (Lipinski definition) is 1. The van der Waals surface area contributed by atoms with Crippen LogP contribution in [0.3, 0.4) is 0 Å². The van der Waals surface area contributed by atoms with Crippen LogP contribution in [-0.4, -0.2) is 9.97 Å². The summed E-state index contributed by atoms with van der Waals surface area (Å²) in [5.74, 6) is 0.366. The van der Waals surface area contributed by atoms with E-state index in [4.69, 9.17) is 0 Å². The van der Waals surface area contributed by atoms with Gasteiger partial charge >= 0.3 is 0 Å². The van der Waals surface area contributed by atoms with Crippen molar-refractivity contribution in [2.24, 2.45) is 0 Å². The lowest BCUT2D eigenvalue weighted by atomic mass is 10.1. The molecular formula is C15H13FN2. The van der Waals surface area contributed by atoms with Crippen molar-refractivity contribution < 1.29 is 4.39 Å². The normalized spacial score (nSPS) is 11.1. The number of benzene rings is 2. The number of aromatic nitrogens is 2. The highest BCUT2D eigenvalue weighted by molar-refractivity contribution is 5.80. The molecule has 3 heteroatoms. The summed E-state index contributed by atoms with van der Waals surface area (Å²) in [7, 11) is 0. The van der Waals surface area contributed by atoms with Crippen molar-refractivity contribution in [3.63, 3.8) is 0 Å². The summed E-state index contributed by atoms with van der Waals surface area (Å²) in [4.78, 5) is 7.60. The van der Waals surface area contributed by atoms with Crippen LogP contribution < -0.4 is 0 Å². The topological polar surface area (TPSA) is 28.7 Å². The number of imidazole rings is 1. The highest BCUT2D eigenvalue weighted by Crippen LogP contribution is 2.25. The fraction of sp³-hybridized carbons (Fsp3) is 0.133. The van der Waals surface area contributed by atoms with Gasteiger partial charge in [0, 0.05) is 0 Å². The minimum absolute atomic E-state index is 0.215. The van der Waals surface area contributed by atoms with Crippen LogP contribution in [0.25, 0.3) is 22.4 Å². The Morgan fingerprint density at radius 2 is 1.94 bits per heavy atom. The van der Waals surface area contributed by atoms with Crippen LogP contribution >= 0.6 is 0 Å². The Bertz CT molecular complexity index is 728. The molecule has 0 saturated heterocycles. The van der Waals surface area contributed by atoms with Gasteiger partial charge in [-0.05, 0) is 43.2 Å². The number of nitrogens with one attached hydrogen (secondary N) is 1. The molecule has 3 rings (SSSR count). The molecule has 2 nitrogen and oxygen atoms in total. The predicted octanol–water partition coefficient (Wildman–Crippen LogP) is 3.99. The van der Waals surface area contributed by atoms with E-state index >= 15 is 0 Å². The molecule has 0 radical (unpaired) electrons. The number of rotatable bonds is 1. The first-order valence-electron chi connectivity index (χ1n) is 5.87. The molecule has 0 bridgehead atoms. The fourth-order valence-electron chi connectivity index (χ4n) is 2.08. The third kappa shape index (κ3) is 1.68. The highest BCUT2D eigenvalue weighted by Gasteiger charge is 2.11. The summed E-state index contributed by atoms with van der Waals surface area (Å²) in [6.45, 7) is 3.78. The number of halogens is 1. The molecule has 90 valence electrons. The lowest BCUT2D eigenvalue weighted by Gasteiger charge is -2.01. The fourth-order valence-corrected chi connectivity index (χ4v) is 2.08. The number of aromatic amines is 1. The van der Waals surface area contributed by atoms with Crippen molar-refractivity contribution in [3.8, 4) is 11.4 Å². The lowest BCUT2D eigenvalue weighted by Crippen LogP contribution is -1.89. The molecule has 0 spiro atoms. The van der Waals surface area contributed by atoms with E-state index in [1.54, 1.807) is 19.1 Å². The van der Waals surface area contributed by atoms with E-state index in [0.717, 1.165) is 16.6 Å². The molecule has 0 aliphatic heterocycles. The molecular weight excluding hydrogens is 227 g/mol. The zero-order valence-corrected chi connectivity index (χ0v) is 10.3. The first-order valence-corrected chi connectivity index (χ1v) is 5.87. The number of fused-ring (bicyclic) bond motifs is 1. The van der Waals surface area contributed by atoms with Gasteiger partial charge in [0.1, 0.15) is 11.6 Å². The smallest absolute Gasteiger partial charge is 0.141 e. The van der Waals surface area contributed by atoms with Crippen LogP contribution in [0.2, 0.25) is 0 Å². The SMILES string of the molecule is Cc1ccc2nc(-c3cccc(C)c3F)[nH]c2c1. The van der Waals surface area contributed by atoms with Gasteiger partial charge in [-0.3, -0.25) is 0 Å². The molecule has 1 heterocycles. The molecule has 1 aromatic heterocycles. The van der Waals surface area contributed by atoms with Crippen molar-refractivity contribution in [3.05, 3.63) is 53.3 Å². The van der Waals surface area contributed by atoms with Crippen LogP contribution in [0.1, 0.15) is 11.1 Å². The number of hydrogen-bond donors (Lipinski definition) is 1. The van der Waals surface area contributed by atoms with Crippen LogP contribution in [-0.2, 0) is 0 Å². The molecule has 0 aliphatic rings. The highest BCUT2D eigenvalue weighted by atomic mass is 19.1. The molecule has 2 aromatic carbocycles. The van der Waals surface area contributed by atoms with Gasteiger partial charge in [0.2, 0.25) is 0 Å². The minimum Gasteiger partial charge on any atom is -0.338 e. The van der Waals surface area contributed by atoms with Gasteiger partial charge in [-0.1, -0.05) is 18.2 Å². The molecule has 18 heavy (non-hydrogen) atoms. The Morgan fingerprint density at radius 3 is 2.78 bits per heavy atom. The van der Waals surface area contributed by atoms with Crippen molar-refractivity contribution >= 4 is 11.0 Å². The average Bonchev–Trinajstić information content (AvgIpc) is 2.75. The van der Waals surface area contributed by atoms with E-state index in [0.29, 0.717) is 17.0 Å². The van der Waals surface area contributed by atoms with Gasteiger partial charge in [0.05, 0.1) is 16.6 Å². The first kappa shape index (κ1) is 11.0. The lowest BCUT2D eigenvalue weighted by molar-refractivity contribution is 0.621. The maximum atomic E-state index is 14.0. The zero-order chi connectivity index (χ0) is 12.7. The van der Waals surface area contributed by atoms with Gasteiger partial charge in [0.25, 0.3) is 0 Å². The van der Waals surface area contributed by atoms with Gasteiger partial charge in [0.15, 0.2) is 0 Å². The third-order valence-electron chi connectivity index (χ3n) is 3.08. The van der Waals surface area contributed by atoms with Crippen molar-refractivity contribution in [2.75, 3.05) is 0 Å². The van der Waals surface area contributed by atoms with Crippen molar-refractivity contribution in [1.29, 1.82) is 0 Å². The standard InChI is InChI=1S/C15H13FN2/c1-9-6-7-12-13(8-9)18-15(17-12)11-5-3-4-10(2)14(11)16/h3-8H,1-2H3,(H,17,18). The molecule has 0 saturated carbocycles. The molecule has 0 aliphatic carbocycles. The summed E-state index contributed by atoms with van der Waals surface area (Å²) in [6, 6.07) is 11.3. The summed E-state index contributed by atoms with van der Waals surface area (Å²) < 4.78 is 14.0. The van der Waals surface area contributed by atoms with Gasteiger partial charge in [-0.2, -0.15) is 0 Å². The molecule has 3 aromatic rings. The van der Waals surface area contributed by atoms with E-state index in [1.165, 1.54) is 0 Å². The van der Waals surface area contributed by atoms with Crippen LogP contribution in [0.4, 0.5) is 4.39 Å². The van der Waals surface area contributed by atoms with E-state index in [2.05, 4.69) is 9.97 Å². The Kier molecular flexibility index (Phi) is 2.40. The minimum atomic E-state index is -0.215. The second-order valence-electron chi connectivity index (χ2n) is 4.54. The second-order valence-corrected chi connectivity index (χ2v) is 4.54. The van der Waals surface area contributed by atoms with Crippen molar-refractivity contribution in [1.82, 2.24) is 9.97 Å². The maximum Gasteiger partial charge on any atom is 0.141 e. The Balaban J connectivity index is 2.22. The Labute approximate surface area is 104 Å². The summed E-state index contributed by atoms with van der Waals surface area (Å²) >= 11 is 0. The maximum absolute atomic E-state index is 14.0. The van der Waals surface area contributed by atoms with Crippen LogP contribution in [0, 0.1) is 19.7 Å². The van der Waals surface area contributed by atoms with E-state index in [9.17, 15) is 4.39 Å². The monoisotopic (exact) mass is 240 g/mol.